The molecule has 0 spiro atoms. The van der Waals surface area contributed by atoms with Gasteiger partial charge in [-0.15, -0.1) is 0 Å². The predicted molar refractivity (Wildman–Crippen MR) is 148 cm³/mol. The second-order valence-corrected chi connectivity index (χ2v) is 10.8. The number of carbonyl (C=O) groups excluding carboxylic acids is 2. The highest BCUT2D eigenvalue weighted by atomic mass is 16.5. The molecule has 4 rings (SSSR count). The van der Waals surface area contributed by atoms with E-state index in [0.717, 1.165) is 0 Å². The Morgan fingerprint density at radius 3 is 1.83 bits per heavy atom. The fraction of sp³-hybridized carbons (Fsp3) is 0.484. The van der Waals surface area contributed by atoms with Crippen LogP contribution >= 0.6 is 0 Å². The van der Waals surface area contributed by atoms with Gasteiger partial charge in [-0.2, -0.15) is 0 Å². The summed E-state index contributed by atoms with van der Waals surface area (Å²) in [5.41, 5.74) is -0.357. The van der Waals surface area contributed by atoms with Crippen molar-refractivity contribution in [2.45, 2.75) is 81.1 Å². The van der Waals surface area contributed by atoms with Crippen LogP contribution in [0, 0.1) is 0 Å². The zero-order valence-corrected chi connectivity index (χ0v) is 23.3. The van der Waals surface area contributed by atoms with Crippen LogP contribution in [0.5, 0.6) is 11.5 Å². The second-order valence-electron chi connectivity index (χ2n) is 10.8. The van der Waals surface area contributed by atoms with Crippen LogP contribution in [0.1, 0.15) is 65.7 Å². The number of hydrogen-bond donors (Lipinski definition) is 4. The lowest BCUT2D eigenvalue weighted by molar-refractivity contribution is -0.0963. The highest BCUT2D eigenvalue weighted by Crippen LogP contribution is 2.37. The summed E-state index contributed by atoms with van der Waals surface area (Å²) in [6.07, 6.45) is -2.08. The number of aliphatic hydroxyl groups excluding tert-OH is 3. The molecule has 0 heterocycles. The average molecular weight is 571 g/mol. The number of benzene rings is 2. The van der Waals surface area contributed by atoms with E-state index in [1.54, 1.807) is 48.5 Å². The summed E-state index contributed by atoms with van der Waals surface area (Å²) in [4.78, 5) is 25.3. The molecule has 0 saturated heterocycles. The van der Waals surface area contributed by atoms with Gasteiger partial charge < -0.3 is 39.4 Å². The maximum Gasteiger partial charge on any atom is 0.338 e. The van der Waals surface area contributed by atoms with Gasteiger partial charge >= 0.3 is 11.9 Å². The number of esters is 2. The van der Waals surface area contributed by atoms with Gasteiger partial charge in [0.1, 0.15) is 23.7 Å². The molecule has 6 atom stereocenters. The summed E-state index contributed by atoms with van der Waals surface area (Å²) < 4.78 is 21.4. The summed E-state index contributed by atoms with van der Waals surface area (Å²) in [6.45, 7) is 0. The van der Waals surface area contributed by atoms with Crippen molar-refractivity contribution in [2.24, 2.45) is 0 Å². The van der Waals surface area contributed by atoms with Gasteiger partial charge in [0.2, 0.25) is 0 Å². The Morgan fingerprint density at radius 1 is 0.780 bits per heavy atom. The minimum Gasteiger partial charge on any atom is -0.497 e. The van der Waals surface area contributed by atoms with Gasteiger partial charge in [0.05, 0.1) is 49.3 Å². The third-order valence-corrected chi connectivity index (χ3v) is 7.66. The summed E-state index contributed by atoms with van der Waals surface area (Å²) in [7, 11) is 3.05. The van der Waals surface area contributed by atoms with E-state index in [2.05, 4.69) is 0 Å². The van der Waals surface area contributed by atoms with Crippen molar-refractivity contribution in [3.63, 3.8) is 0 Å². The van der Waals surface area contributed by atoms with Gasteiger partial charge in [0.25, 0.3) is 0 Å². The molecule has 2 aliphatic carbocycles. The largest absolute Gasteiger partial charge is 0.497 e. The first kappa shape index (κ1) is 30.5. The number of aliphatic hydroxyl groups is 4. The summed E-state index contributed by atoms with van der Waals surface area (Å²) in [6, 6.07) is 12.9. The first-order valence-corrected chi connectivity index (χ1v) is 13.7. The standard InChI is InChI=1S/C31H38O10/c1-38-24-9-4-20(5-10-24)29(35)40-26-8-3-19(13-22(32)14-26)17-31(37)18-23(33)15-27(16-28(31)34)41-30(36)21-6-11-25(39-2)12-7-21/h3-7,9-12,22-23,26-28,32-34,37H,8,13-18H2,1-2H3/t22-,23-,26+,27+,28+,31-/m1/s1. The number of methoxy groups -OCH3 is 2. The van der Waals surface area contributed by atoms with Crippen molar-refractivity contribution in [2.75, 3.05) is 14.2 Å². The highest BCUT2D eigenvalue weighted by Gasteiger charge is 2.44. The Balaban J connectivity index is 1.38. The van der Waals surface area contributed by atoms with Crippen LogP contribution in [0.3, 0.4) is 0 Å². The first-order chi connectivity index (χ1) is 19.6. The van der Waals surface area contributed by atoms with E-state index in [1.165, 1.54) is 14.2 Å². The molecule has 222 valence electrons. The van der Waals surface area contributed by atoms with E-state index >= 15 is 0 Å². The van der Waals surface area contributed by atoms with Crippen LogP contribution in [0.25, 0.3) is 0 Å². The highest BCUT2D eigenvalue weighted by molar-refractivity contribution is 5.90. The van der Waals surface area contributed by atoms with Crippen molar-refractivity contribution < 1.29 is 49.0 Å². The third-order valence-electron chi connectivity index (χ3n) is 7.66. The van der Waals surface area contributed by atoms with Gasteiger partial charge in [-0.1, -0.05) is 11.6 Å². The van der Waals surface area contributed by atoms with E-state index in [4.69, 9.17) is 18.9 Å². The van der Waals surface area contributed by atoms with Crippen molar-refractivity contribution >= 4 is 11.9 Å². The number of hydrogen-bond acceptors (Lipinski definition) is 10. The van der Waals surface area contributed by atoms with Crippen LogP contribution in [-0.4, -0.2) is 82.7 Å². The van der Waals surface area contributed by atoms with E-state index in [1.807, 2.05) is 6.08 Å². The van der Waals surface area contributed by atoms with Crippen molar-refractivity contribution in [3.05, 3.63) is 71.3 Å². The Labute approximate surface area is 239 Å². The van der Waals surface area contributed by atoms with Gasteiger partial charge in [-0.25, -0.2) is 9.59 Å². The molecule has 0 aromatic heterocycles. The molecule has 0 bridgehead atoms. The molecule has 1 saturated carbocycles. The van der Waals surface area contributed by atoms with E-state index in [0.29, 0.717) is 34.6 Å². The molecule has 10 nitrogen and oxygen atoms in total. The first-order valence-electron chi connectivity index (χ1n) is 13.7. The molecule has 0 radical (unpaired) electrons. The lowest BCUT2D eigenvalue weighted by Crippen LogP contribution is -2.44. The minimum absolute atomic E-state index is 0.000575. The van der Waals surface area contributed by atoms with Crippen LogP contribution in [0.4, 0.5) is 0 Å². The van der Waals surface area contributed by atoms with Crippen LogP contribution in [0.2, 0.25) is 0 Å². The average Bonchev–Trinajstić information content (AvgIpc) is 3.18. The van der Waals surface area contributed by atoms with Crippen LogP contribution < -0.4 is 9.47 Å². The number of carbonyl (C=O) groups is 2. The molecule has 0 unspecified atom stereocenters. The fourth-order valence-corrected chi connectivity index (χ4v) is 5.48. The topological polar surface area (TPSA) is 152 Å². The molecule has 41 heavy (non-hydrogen) atoms. The molecule has 2 aliphatic rings. The second kappa shape index (κ2) is 13.5. The summed E-state index contributed by atoms with van der Waals surface area (Å²) >= 11 is 0. The molecule has 2 aromatic rings. The SMILES string of the molecule is COc1ccc(C(=O)O[C@H]2CC=C(C[C@@]3(O)C[C@H](O)C[C@H](OC(=O)c4ccc(OC)cc4)C[C@@H]3O)C[C@@H](O)C2)cc1. The normalized spacial score (nSPS) is 28.4. The third kappa shape index (κ3) is 8.07. The predicted octanol–water partition coefficient (Wildman–Crippen LogP) is 2.95. The zero-order chi connectivity index (χ0) is 29.6. The Hall–Kier alpha value is -3.44. The summed E-state index contributed by atoms with van der Waals surface area (Å²) in [5, 5.41) is 43.8. The Bertz CT molecular complexity index is 1210. The van der Waals surface area contributed by atoms with Crippen molar-refractivity contribution in [3.8, 4) is 11.5 Å². The van der Waals surface area contributed by atoms with E-state index in [-0.39, 0.29) is 38.5 Å². The maximum atomic E-state index is 12.7. The lowest BCUT2D eigenvalue weighted by atomic mass is 9.83. The van der Waals surface area contributed by atoms with E-state index < -0.39 is 48.1 Å². The Kier molecular flexibility index (Phi) is 10.0. The quantitative estimate of drug-likeness (QED) is 0.212. The minimum atomic E-state index is -1.70. The molecule has 2 aromatic carbocycles. The fourth-order valence-electron chi connectivity index (χ4n) is 5.48. The molecule has 1 fully saturated rings. The lowest BCUT2D eigenvalue weighted by Gasteiger charge is -2.33. The van der Waals surface area contributed by atoms with Gasteiger partial charge in [0, 0.05) is 32.1 Å². The van der Waals surface area contributed by atoms with Crippen LogP contribution in [-0.2, 0) is 9.47 Å². The van der Waals surface area contributed by atoms with Gasteiger partial charge in [-0.05, 0) is 61.4 Å². The zero-order valence-electron chi connectivity index (χ0n) is 23.3. The molecule has 0 aliphatic heterocycles. The van der Waals surface area contributed by atoms with Gasteiger partial charge in [0.15, 0.2) is 0 Å². The molecule has 0 amide bonds. The molecule has 10 heteroatoms. The molecular formula is C31H38O10. The van der Waals surface area contributed by atoms with Gasteiger partial charge in [-0.3, -0.25) is 0 Å². The smallest absolute Gasteiger partial charge is 0.338 e. The summed E-state index contributed by atoms with van der Waals surface area (Å²) in [5.74, 6) is 0.0845. The van der Waals surface area contributed by atoms with Crippen molar-refractivity contribution in [1.82, 2.24) is 0 Å². The number of rotatable bonds is 8. The van der Waals surface area contributed by atoms with E-state index in [9.17, 15) is 30.0 Å². The Morgan fingerprint density at radius 2 is 1.29 bits per heavy atom. The maximum absolute atomic E-state index is 12.7. The molecule has 4 N–H and O–H groups in total. The molecular weight excluding hydrogens is 532 g/mol. The number of ether oxygens (including phenoxy) is 4. The van der Waals surface area contributed by atoms with Crippen molar-refractivity contribution in [1.29, 1.82) is 0 Å². The van der Waals surface area contributed by atoms with Crippen LogP contribution in [0.15, 0.2) is 60.2 Å². The monoisotopic (exact) mass is 570 g/mol.